The Labute approximate surface area is 221 Å². The lowest BCUT2D eigenvalue weighted by Crippen LogP contribution is -2.43. The first-order valence-electron chi connectivity index (χ1n) is 12.8. The zero-order valence-electron chi connectivity index (χ0n) is 21.3. The van der Waals surface area contributed by atoms with E-state index in [4.69, 9.17) is 5.10 Å². The first-order chi connectivity index (χ1) is 18.0. The topological polar surface area (TPSA) is 64.3 Å². The second-order valence-corrected chi connectivity index (χ2v) is 11.1. The van der Waals surface area contributed by atoms with Crippen molar-refractivity contribution in [2.45, 2.75) is 19.9 Å². The van der Waals surface area contributed by atoms with Gasteiger partial charge < -0.3 is 10.2 Å². The smallest absolute Gasteiger partial charge is 0.248 e. The van der Waals surface area contributed by atoms with Crippen molar-refractivity contribution in [1.29, 1.82) is 0 Å². The van der Waals surface area contributed by atoms with Crippen LogP contribution in [0.25, 0.3) is 27.9 Å². The van der Waals surface area contributed by atoms with E-state index in [2.05, 4.69) is 57.6 Å². The van der Waals surface area contributed by atoms with E-state index in [0.717, 1.165) is 71.5 Å². The van der Waals surface area contributed by atoms with E-state index in [1.807, 2.05) is 37.3 Å². The normalized spacial score (nSPS) is 15.7. The number of anilines is 1. The summed E-state index contributed by atoms with van der Waals surface area (Å²) in [5.41, 5.74) is 9.28. The standard InChI is InChI=1S/C30H31N5OS/c1-20-5-3-4-6-26(20)31-28(36)12-9-23-8-11-27(37-23)30-25-18-22-17-21(7-10-24(22)29(25)32-33-30)19-35-15-13-34(2)14-16-35/h3-12,17H,13-16,18-19H2,1-2H3,(H,31,36)(H,32,33)/b12-9+. The minimum Gasteiger partial charge on any atom is -0.322 e. The van der Waals surface area contributed by atoms with Crippen LogP contribution in [0.3, 0.4) is 0 Å². The summed E-state index contributed by atoms with van der Waals surface area (Å²) in [6.45, 7) is 7.53. The number of hydrogen-bond donors (Lipinski definition) is 2. The predicted molar refractivity (Wildman–Crippen MR) is 152 cm³/mol. The SMILES string of the molecule is Cc1ccccc1NC(=O)/C=C/c1ccc(-c2[nH]nc3c2Cc2cc(CN4CCN(C)CC4)ccc2-3)s1. The highest BCUT2D eigenvalue weighted by molar-refractivity contribution is 7.16. The largest absolute Gasteiger partial charge is 0.322 e. The molecule has 0 atom stereocenters. The van der Waals surface area contributed by atoms with Gasteiger partial charge in [-0.05, 0) is 54.9 Å². The molecule has 1 aliphatic carbocycles. The minimum atomic E-state index is -0.130. The number of amides is 1. The molecule has 0 bridgehead atoms. The maximum Gasteiger partial charge on any atom is 0.248 e. The zero-order chi connectivity index (χ0) is 25.4. The van der Waals surface area contributed by atoms with Crippen molar-refractivity contribution in [1.82, 2.24) is 20.0 Å². The molecule has 2 aliphatic rings. The summed E-state index contributed by atoms with van der Waals surface area (Å²) >= 11 is 1.66. The molecule has 7 heteroatoms. The van der Waals surface area contributed by atoms with E-state index in [-0.39, 0.29) is 5.91 Å². The molecule has 0 unspecified atom stereocenters. The van der Waals surface area contributed by atoms with E-state index < -0.39 is 0 Å². The van der Waals surface area contributed by atoms with Gasteiger partial charge in [0.2, 0.25) is 5.91 Å². The number of nitrogens with zero attached hydrogens (tertiary/aromatic N) is 3. The zero-order valence-corrected chi connectivity index (χ0v) is 22.1. The Hall–Kier alpha value is -3.52. The molecule has 1 amide bonds. The van der Waals surface area contributed by atoms with Crippen LogP contribution in [0.2, 0.25) is 0 Å². The third-order valence-electron chi connectivity index (χ3n) is 7.34. The summed E-state index contributed by atoms with van der Waals surface area (Å²) < 4.78 is 0. The van der Waals surface area contributed by atoms with Gasteiger partial charge in [0.15, 0.2) is 0 Å². The molecule has 1 fully saturated rings. The van der Waals surface area contributed by atoms with Gasteiger partial charge >= 0.3 is 0 Å². The Morgan fingerprint density at radius 3 is 2.78 bits per heavy atom. The Bertz CT molecular complexity index is 1470. The van der Waals surface area contributed by atoms with Crippen LogP contribution < -0.4 is 5.32 Å². The summed E-state index contributed by atoms with van der Waals surface area (Å²) in [6, 6.07) is 18.8. The number of nitrogens with one attached hydrogen (secondary N) is 2. The van der Waals surface area contributed by atoms with E-state index in [0.29, 0.717) is 0 Å². The van der Waals surface area contributed by atoms with Crippen LogP contribution in [0.5, 0.6) is 0 Å². The number of carbonyl (C=O) groups excluding carboxylic acids is 1. The minimum absolute atomic E-state index is 0.130. The molecule has 188 valence electrons. The maximum absolute atomic E-state index is 12.4. The van der Waals surface area contributed by atoms with Crippen LogP contribution in [-0.2, 0) is 17.8 Å². The van der Waals surface area contributed by atoms with Crippen LogP contribution in [-0.4, -0.2) is 59.1 Å². The van der Waals surface area contributed by atoms with Crippen LogP contribution in [0, 0.1) is 6.92 Å². The number of thiophene rings is 1. The molecule has 0 saturated carbocycles. The number of carbonyl (C=O) groups is 1. The molecule has 0 radical (unpaired) electrons. The fraction of sp³-hybridized carbons (Fsp3) is 0.267. The monoisotopic (exact) mass is 509 g/mol. The highest BCUT2D eigenvalue weighted by Crippen LogP contribution is 2.42. The van der Waals surface area contributed by atoms with Crippen LogP contribution >= 0.6 is 11.3 Å². The second-order valence-electron chi connectivity index (χ2n) is 10.0. The summed E-state index contributed by atoms with van der Waals surface area (Å²) in [7, 11) is 2.20. The molecule has 1 aliphatic heterocycles. The predicted octanol–water partition coefficient (Wildman–Crippen LogP) is 5.42. The van der Waals surface area contributed by atoms with Gasteiger partial charge in [-0.2, -0.15) is 5.10 Å². The quantitative estimate of drug-likeness (QED) is 0.300. The number of rotatable bonds is 6. The van der Waals surface area contributed by atoms with Crippen molar-refractivity contribution in [2.24, 2.45) is 0 Å². The van der Waals surface area contributed by atoms with Gasteiger partial charge in [0.05, 0.1) is 16.3 Å². The molecule has 2 N–H and O–H groups in total. The average Bonchev–Trinajstić information content (AvgIpc) is 3.61. The Balaban J connectivity index is 1.14. The first-order valence-corrected chi connectivity index (χ1v) is 13.6. The van der Waals surface area contributed by atoms with Crippen LogP contribution in [0.15, 0.2) is 60.7 Å². The van der Waals surface area contributed by atoms with Crippen LogP contribution in [0.1, 0.15) is 27.1 Å². The van der Waals surface area contributed by atoms with Crippen molar-refractivity contribution in [3.63, 3.8) is 0 Å². The summed E-state index contributed by atoms with van der Waals surface area (Å²) in [5, 5.41) is 10.9. The third-order valence-corrected chi connectivity index (χ3v) is 8.40. The van der Waals surface area contributed by atoms with Crippen molar-refractivity contribution in [3.8, 4) is 21.8 Å². The molecule has 37 heavy (non-hydrogen) atoms. The van der Waals surface area contributed by atoms with E-state index >= 15 is 0 Å². The molecule has 1 saturated heterocycles. The molecular weight excluding hydrogens is 478 g/mol. The Morgan fingerprint density at radius 1 is 1.11 bits per heavy atom. The van der Waals surface area contributed by atoms with Crippen molar-refractivity contribution in [3.05, 3.63) is 87.8 Å². The third kappa shape index (κ3) is 5.03. The maximum atomic E-state index is 12.4. The number of fused-ring (bicyclic) bond motifs is 3. The number of aryl methyl sites for hydroxylation is 1. The molecule has 0 spiro atoms. The molecular formula is C30H31N5OS. The number of hydrogen-bond acceptors (Lipinski definition) is 5. The van der Waals surface area contributed by atoms with Gasteiger partial charge in [-0.25, -0.2) is 0 Å². The van der Waals surface area contributed by atoms with Crippen LogP contribution in [0.4, 0.5) is 5.69 Å². The fourth-order valence-electron chi connectivity index (χ4n) is 5.16. The summed E-state index contributed by atoms with van der Waals surface area (Å²) in [4.78, 5) is 19.5. The first kappa shape index (κ1) is 23.9. The lowest BCUT2D eigenvalue weighted by atomic mass is 10.0. The summed E-state index contributed by atoms with van der Waals surface area (Å²) in [5.74, 6) is -0.130. The molecule has 3 heterocycles. The number of H-pyrrole nitrogens is 1. The number of piperazine rings is 1. The molecule has 6 nitrogen and oxygen atoms in total. The molecule has 2 aromatic heterocycles. The molecule has 4 aromatic rings. The van der Waals surface area contributed by atoms with E-state index in [1.54, 1.807) is 17.4 Å². The van der Waals surface area contributed by atoms with Crippen molar-refractivity contribution in [2.75, 3.05) is 38.5 Å². The highest BCUT2D eigenvalue weighted by atomic mass is 32.1. The van der Waals surface area contributed by atoms with E-state index in [1.165, 1.54) is 22.3 Å². The highest BCUT2D eigenvalue weighted by Gasteiger charge is 2.26. The second kappa shape index (κ2) is 10.1. The number of aromatic amines is 1. The van der Waals surface area contributed by atoms with Gasteiger partial charge in [-0.1, -0.05) is 36.4 Å². The fourth-order valence-corrected chi connectivity index (χ4v) is 6.10. The lowest BCUT2D eigenvalue weighted by molar-refractivity contribution is -0.111. The Morgan fingerprint density at radius 2 is 1.95 bits per heavy atom. The number of aromatic nitrogens is 2. The lowest BCUT2D eigenvalue weighted by Gasteiger charge is -2.32. The molecule has 2 aromatic carbocycles. The van der Waals surface area contributed by atoms with E-state index in [9.17, 15) is 4.79 Å². The number of benzene rings is 2. The Kier molecular flexibility index (Phi) is 6.50. The van der Waals surface area contributed by atoms with Crippen molar-refractivity contribution >= 4 is 29.0 Å². The average molecular weight is 510 g/mol. The van der Waals surface area contributed by atoms with Crippen molar-refractivity contribution < 1.29 is 4.79 Å². The van der Waals surface area contributed by atoms with Gasteiger partial charge in [0.1, 0.15) is 0 Å². The van der Waals surface area contributed by atoms with Gasteiger partial charge in [-0.3, -0.25) is 14.8 Å². The molecule has 6 rings (SSSR count). The number of para-hydroxylation sites is 1. The van der Waals surface area contributed by atoms with Gasteiger partial charge in [0.25, 0.3) is 0 Å². The van der Waals surface area contributed by atoms with Gasteiger partial charge in [0, 0.05) is 66.9 Å². The van der Waals surface area contributed by atoms with Gasteiger partial charge in [-0.15, -0.1) is 11.3 Å². The number of likely N-dealkylation sites (N-methyl/N-ethyl adjacent to an activating group) is 1. The summed E-state index contributed by atoms with van der Waals surface area (Å²) in [6.07, 6.45) is 4.37.